The van der Waals surface area contributed by atoms with Gasteiger partial charge in [-0.15, -0.1) is 0 Å². The van der Waals surface area contributed by atoms with Crippen LogP contribution in [-0.2, 0) is 22.8 Å². The predicted octanol–water partition coefficient (Wildman–Crippen LogP) is 3.40. The standard InChI is InChI=1S/C16H38O5Si4/c1-13(2)15(17)18-14(19-23(3,4)5)12-16(22,20-24(6,7)8)21-25(9,10)11/h14H,1,12H2,2-11,22H3. The molecule has 0 amide bonds. The lowest BCUT2D eigenvalue weighted by molar-refractivity contribution is -0.175. The molecule has 0 saturated carbocycles. The molecule has 0 heterocycles. The van der Waals surface area contributed by atoms with Gasteiger partial charge in [-0.25, -0.2) is 4.79 Å². The Bertz CT molecular complexity index is 458. The smallest absolute Gasteiger partial charge is 0.335 e. The molecule has 0 bridgehead atoms. The van der Waals surface area contributed by atoms with E-state index in [1.165, 1.54) is 0 Å². The van der Waals surface area contributed by atoms with Crippen LogP contribution in [0.3, 0.4) is 0 Å². The maximum absolute atomic E-state index is 12.1. The van der Waals surface area contributed by atoms with E-state index in [4.69, 9.17) is 18.0 Å². The lowest BCUT2D eigenvalue weighted by Gasteiger charge is -2.43. The Morgan fingerprint density at radius 2 is 1.36 bits per heavy atom. The van der Waals surface area contributed by atoms with E-state index in [0.29, 0.717) is 22.2 Å². The van der Waals surface area contributed by atoms with Crippen LogP contribution in [0.5, 0.6) is 0 Å². The van der Waals surface area contributed by atoms with Gasteiger partial charge in [-0.2, -0.15) is 0 Å². The molecule has 148 valence electrons. The van der Waals surface area contributed by atoms with Gasteiger partial charge in [0.25, 0.3) is 0 Å². The van der Waals surface area contributed by atoms with Crippen molar-refractivity contribution >= 4 is 41.2 Å². The van der Waals surface area contributed by atoms with Gasteiger partial charge in [-0.1, -0.05) is 6.58 Å². The van der Waals surface area contributed by atoms with Crippen molar-refractivity contribution in [2.45, 2.75) is 84.0 Å². The lowest BCUT2D eigenvalue weighted by atomic mass is 10.3. The van der Waals surface area contributed by atoms with Gasteiger partial charge in [0.05, 0.1) is 16.7 Å². The highest BCUT2D eigenvalue weighted by Gasteiger charge is 2.40. The maximum atomic E-state index is 12.1. The summed E-state index contributed by atoms with van der Waals surface area (Å²) < 4.78 is 24.6. The van der Waals surface area contributed by atoms with Crippen LogP contribution in [0.2, 0.25) is 58.9 Å². The second-order valence-electron chi connectivity index (χ2n) is 9.61. The summed E-state index contributed by atoms with van der Waals surface area (Å²) in [7, 11) is -4.96. The van der Waals surface area contributed by atoms with Crippen LogP contribution in [-0.4, -0.2) is 52.9 Å². The first-order chi connectivity index (χ1) is 10.8. The number of hydrogen-bond acceptors (Lipinski definition) is 5. The first-order valence-corrected chi connectivity index (χ1v) is 20.0. The molecule has 0 rings (SSSR count). The third-order valence-electron chi connectivity index (χ3n) is 2.65. The summed E-state index contributed by atoms with van der Waals surface area (Å²) in [4.78, 5) is 12.1. The average molecular weight is 423 g/mol. The molecular weight excluding hydrogens is 385 g/mol. The molecule has 0 aromatic rings. The summed E-state index contributed by atoms with van der Waals surface area (Å²) in [5, 5.41) is 0. The Kier molecular flexibility index (Phi) is 8.75. The second kappa shape index (κ2) is 8.76. The summed E-state index contributed by atoms with van der Waals surface area (Å²) in [6, 6.07) is 0. The number of ether oxygens (including phenoxy) is 1. The Balaban J connectivity index is 5.55. The minimum absolute atomic E-state index is 0.361. The van der Waals surface area contributed by atoms with E-state index in [9.17, 15) is 4.79 Å². The molecule has 0 N–H and O–H groups in total. The van der Waals surface area contributed by atoms with Gasteiger partial charge in [-0.05, 0) is 65.8 Å². The highest BCUT2D eigenvalue weighted by atomic mass is 28.4. The zero-order chi connectivity index (χ0) is 20.3. The largest absolute Gasteiger partial charge is 0.433 e. The number of esters is 1. The zero-order valence-electron chi connectivity index (χ0n) is 18.0. The van der Waals surface area contributed by atoms with Gasteiger partial charge >= 0.3 is 5.97 Å². The number of carbonyl (C=O) groups is 1. The summed E-state index contributed by atoms with van der Waals surface area (Å²) in [5.74, 6) is -0.437. The minimum Gasteiger partial charge on any atom is -0.433 e. The highest BCUT2D eigenvalue weighted by molar-refractivity contribution is 6.71. The van der Waals surface area contributed by atoms with E-state index in [2.05, 4.69) is 65.5 Å². The molecule has 0 aromatic carbocycles. The van der Waals surface area contributed by atoms with Crippen LogP contribution in [0.1, 0.15) is 13.3 Å². The van der Waals surface area contributed by atoms with Gasteiger partial charge < -0.3 is 18.0 Å². The van der Waals surface area contributed by atoms with E-state index >= 15 is 0 Å². The molecular formula is C16H38O5Si4. The van der Waals surface area contributed by atoms with Crippen molar-refractivity contribution in [1.29, 1.82) is 0 Å². The minimum atomic E-state index is -1.92. The van der Waals surface area contributed by atoms with Crippen molar-refractivity contribution in [3.05, 3.63) is 12.2 Å². The number of hydrogen-bond donors (Lipinski definition) is 0. The zero-order valence-corrected chi connectivity index (χ0v) is 23.0. The molecule has 0 saturated heterocycles. The van der Waals surface area contributed by atoms with Crippen molar-refractivity contribution in [1.82, 2.24) is 0 Å². The van der Waals surface area contributed by atoms with Crippen molar-refractivity contribution in [2.75, 3.05) is 0 Å². The predicted molar refractivity (Wildman–Crippen MR) is 115 cm³/mol. The summed E-state index contributed by atoms with van der Waals surface area (Å²) in [5.41, 5.74) is -0.352. The van der Waals surface area contributed by atoms with Gasteiger partial charge in [0.1, 0.15) is 5.41 Å². The molecule has 0 aliphatic rings. The van der Waals surface area contributed by atoms with E-state index in [1.807, 2.05) is 0 Å². The highest BCUT2D eigenvalue weighted by Crippen LogP contribution is 2.28. The topological polar surface area (TPSA) is 54.0 Å². The first-order valence-electron chi connectivity index (χ1n) is 8.77. The fraction of sp³-hybridized carbons (Fsp3) is 0.812. The van der Waals surface area contributed by atoms with Gasteiger partial charge in [0.15, 0.2) is 31.2 Å². The fourth-order valence-electron chi connectivity index (χ4n) is 2.42. The molecule has 0 aromatic heterocycles. The molecule has 0 radical (unpaired) electrons. The number of carbonyl (C=O) groups excluding carboxylic acids is 1. The molecule has 25 heavy (non-hydrogen) atoms. The number of rotatable bonds is 10. The van der Waals surface area contributed by atoms with Crippen LogP contribution >= 0.6 is 0 Å². The van der Waals surface area contributed by atoms with E-state index in [-0.39, 0.29) is 0 Å². The summed E-state index contributed by atoms with van der Waals surface area (Å²) >= 11 is 0. The van der Waals surface area contributed by atoms with Crippen molar-refractivity contribution in [3.8, 4) is 0 Å². The van der Waals surface area contributed by atoms with Crippen LogP contribution in [0, 0.1) is 0 Å². The third-order valence-corrected chi connectivity index (χ3v) is 7.34. The molecule has 0 fully saturated rings. The monoisotopic (exact) mass is 422 g/mol. The van der Waals surface area contributed by atoms with Crippen molar-refractivity contribution < 1.29 is 22.8 Å². The Morgan fingerprint density at radius 1 is 0.960 bits per heavy atom. The van der Waals surface area contributed by atoms with Crippen LogP contribution < -0.4 is 0 Å². The van der Waals surface area contributed by atoms with Crippen LogP contribution in [0.25, 0.3) is 0 Å². The molecule has 9 heteroatoms. The van der Waals surface area contributed by atoms with Crippen molar-refractivity contribution in [3.63, 3.8) is 0 Å². The average Bonchev–Trinajstić information content (AvgIpc) is 2.18. The Morgan fingerprint density at radius 3 is 1.64 bits per heavy atom. The molecule has 1 unspecified atom stereocenters. The SMILES string of the molecule is C=C(C)C(=O)OC(CC([SiH3])(O[Si](C)(C)C)O[Si](C)(C)C)O[Si](C)(C)C. The molecule has 0 aliphatic carbocycles. The molecule has 1 atom stereocenters. The van der Waals surface area contributed by atoms with Crippen LogP contribution in [0.4, 0.5) is 0 Å². The van der Waals surface area contributed by atoms with E-state index < -0.39 is 42.6 Å². The summed E-state index contributed by atoms with van der Waals surface area (Å²) in [6.07, 6.45) is -0.280. The van der Waals surface area contributed by atoms with Gasteiger partial charge in [-0.3, -0.25) is 0 Å². The normalized spacial score (nSPS) is 15.1. The molecule has 5 nitrogen and oxygen atoms in total. The molecule has 0 aliphatic heterocycles. The maximum Gasteiger partial charge on any atom is 0.335 e. The lowest BCUT2D eigenvalue weighted by Crippen LogP contribution is -2.53. The second-order valence-corrected chi connectivity index (χ2v) is 24.5. The quantitative estimate of drug-likeness (QED) is 0.234. The van der Waals surface area contributed by atoms with Gasteiger partial charge in [0, 0.05) is 5.57 Å². The first kappa shape index (κ1) is 25.0. The Hall–Kier alpha value is -0.0425. The van der Waals surface area contributed by atoms with Crippen LogP contribution in [0.15, 0.2) is 12.2 Å². The van der Waals surface area contributed by atoms with Gasteiger partial charge in [0.2, 0.25) is 0 Å². The van der Waals surface area contributed by atoms with Crippen molar-refractivity contribution in [2.24, 2.45) is 0 Å². The molecule has 0 spiro atoms. The Labute approximate surface area is 160 Å². The van der Waals surface area contributed by atoms with E-state index in [0.717, 1.165) is 0 Å². The van der Waals surface area contributed by atoms with E-state index in [1.54, 1.807) is 6.92 Å². The summed E-state index contributed by atoms with van der Waals surface area (Å²) in [6.45, 7) is 24.4. The fourth-order valence-corrected chi connectivity index (χ4v) is 10.3. The third kappa shape index (κ3) is 12.9.